The van der Waals surface area contributed by atoms with Gasteiger partial charge in [0.1, 0.15) is 0 Å². The van der Waals surface area contributed by atoms with Crippen LogP contribution in [0.3, 0.4) is 0 Å². The van der Waals surface area contributed by atoms with E-state index in [4.69, 9.17) is 34.8 Å². The Labute approximate surface area is 101 Å². The normalized spacial score (nSPS) is 11.1. The fraction of sp³-hybridized carbons (Fsp3) is 0.333. The van der Waals surface area contributed by atoms with Crippen molar-refractivity contribution in [2.24, 2.45) is 0 Å². The molecule has 0 atom stereocenters. The van der Waals surface area contributed by atoms with Crippen LogP contribution in [0.1, 0.15) is 5.56 Å². The van der Waals surface area contributed by atoms with E-state index in [1.54, 1.807) is 12.1 Å². The first-order valence-corrected chi connectivity index (χ1v) is 5.27. The van der Waals surface area contributed by atoms with E-state index in [1.807, 2.05) is 0 Å². The third-order valence-corrected chi connectivity index (χ3v) is 2.94. The van der Waals surface area contributed by atoms with Gasteiger partial charge in [0.25, 0.3) is 6.43 Å². The van der Waals surface area contributed by atoms with E-state index in [9.17, 15) is 8.78 Å². The molecule has 0 saturated heterocycles. The summed E-state index contributed by atoms with van der Waals surface area (Å²) in [7, 11) is 0. The molecule has 0 unspecified atom stereocenters. The third-order valence-electron chi connectivity index (χ3n) is 1.74. The van der Waals surface area contributed by atoms with Gasteiger partial charge >= 0.3 is 0 Å². The van der Waals surface area contributed by atoms with Crippen LogP contribution in [-0.2, 0) is 6.54 Å². The second-order valence-electron chi connectivity index (χ2n) is 2.84. The van der Waals surface area contributed by atoms with Gasteiger partial charge in [-0.25, -0.2) is 8.78 Å². The molecule has 0 aromatic heterocycles. The van der Waals surface area contributed by atoms with Crippen molar-refractivity contribution in [3.8, 4) is 0 Å². The Balaban J connectivity index is 2.71. The quantitative estimate of drug-likeness (QED) is 0.818. The molecule has 1 aromatic carbocycles. The highest BCUT2D eigenvalue weighted by molar-refractivity contribution is 6.44. The first-order valence-electron chi connectivity index (χ1n) is 4.13. The molecule has 0 saturated carbocycles. The lowest BCUT2D eigenvalue weighted by Gasteiger charge is -2.09. The highest BCUT2D eigenvalue weighted by Crippen LogP contribution is 2.31. The zero-order valence-electron chi connectivity index (χ0n) is 7.54. The van der Waals surface area contributed by atoms with Gasteiger partial charge in [0, 0.05) is 17.1 Å². The summed E-state index contributed by atoms with van der Waals surface area (Å²) >= 11 is 17.5. The van der Waals surface area contributed by atoms with Gasteiger partial charge in [-0.1, -0.05) is 34.8 Å². The van der Waals surface area contributed by atoms with Crippen molar-refractivity contribution in [3.05, 3.63) is 32.8 Å². The average Bonchev–Trinajstić information content (AvgIpc) is 2.17. The number of halogens is 5. The van der Waals surface area contributed by atoms with Crippen LogP contribution in [0.15, 0.2) is 12.1 Å². The van der Waals surface area contributed by atoms with Crippen molar-refractivity contribution in [1.29, 1.82) is 0 Å². The van der Waals surface area contributed by atoms with Crippen LogP contribution in [0.2, 0.25) is 15.1 Å². The predicted octanol–water partition coefficient (Wildman–Crippen LogP) is 4.00. The number of rotatable bonds is 4. The van der Waals surface area contributed by atoms with Crippen LogP contribution >= 0.6 is 34.8 Å². The lowest BCUT2D eigenvalue weighted by Crippen LogP contribution is -2.21. The zero-order valence-corrected chi connectivity index (χ0v) is 9.80. The molecule has 0 heterocycles. The summed E-state index contributed by atoms with van der Waals surface area (Å²) in [6, 6.07) is 3.14. The fourth-order valence-electron chi connectivity index (χ4n) is 1.04. The third kappa shape index (κ3) is 3.76. The maximum absolute atomic E-state index is 11.9. The highest BCUT2D eigenvalue weighted by atomic mass is 35.5. The smallest absolute Gasteiger partial charge is 0.250 e. The van der Waals surface area contributed by atoms with Crippen LogP contribution < -0.4 is 5.32 Å². The maximum atomic E-state index is 11.9. The molecule has 6 heteroatoms. The van der Waals surface area contributed by atoms with Crippen LogP contribution in [0, 0.1) is 0 Å². The average molecular weight is 275 g/mol. The number of nitrogens with one attached hydrogen (secondary N) is 1. The summed E-state index contributed by atoms with van der Waals surface area (Å²) in [5.41, 5.74) is 0.534. The van der Waals surface area contributed by atoms with Crippen molar-refractivity contribution < 1.29 is 8.78 Å². The van der Waals surface area contributed by atoms with Gasteiger partial charge in [-0.15, -0.1) is 0 Å². The number of hydrogen-bond acceptors (Lipinski definition) is 1. The summed E-state index contributed by atoms with van der Waals surface area (Å²) in [6.45, 7) is -0.234. The van der Waals surface area contributed by atoms with E-state index in [1.165, 1.54) is 0 Å². The minimum absolute atomic E-state index is 0.169. The number of benzene rings is 1. The van der Waals surface area contributed by atoms with Crippen molar-refractivity contribution in [2.45, 2.75) is 13.0 Å². The molecule has 0 amide bonds. The second kappa shape index (κ2) is 5.85. The van der Waals surface area contributed by atoms with Crippen LogP contribution in [0.4, 0.5) is 8.78 Å². The van der Waals surface area contributed by atoms with Crippen LogP contribution in [0.25, 0.3) is 0 Å². The van der Waals surface area contributed by atoms with Gasteiger partial charge in [0.05, 0.1) is 16.6 Å². The van der Waals surface area contributed by atoms with Gasteiger partial charge in [-0.2, -0.15) is 0 Å². The molecule has 0 aliphatic heterocycles. The van der Waals surface area contributed by atoms with E-state index in [2.05, 4.69) is 5.32 Å². The maximum Gasteiger partial charge on any atom is 0.250 e. The molecule has 0 fully saturated rings. The molecule has 0 bridgehead atoms. The van der Waals surface area contributed by atoms with Crippen molar-refractivity contribution in [3.63, 3.8) is 0 Å². The summed E-state index contributed by atoms with van der Waals surface area (Å²) < 4.78 is 23.7. The monoisotopic (exact) mass is 273 g/mol. The van der Waals surface area contributed by atoms with E-state index in [0.29, 0.717) is 20.6 Å². The lowest BCUT2D eigenvalue weighted by atomic mass is 10.2. The summed E-state index contributed by atoms with van der Waals surface area (Å²) in [4.78, 5) is 0. The standard InChI is InChI=1S/C9H8Cl3F2N/c10-6-1-2-7(11)9(12)5(6)3-15-4-8(13)14/h1-2,8,15H,3-4H2. The molecule has 1 nitrogen and oxygen atoms in total. The van der Waals surface area contributed by atoms with E-state index in [-0.39, 0.29) is 6.54 Å². The molecule has 1 N–H and O–H groups in total. The molecule has 1 rings (SSSR count). The molecular weight excluding hydrogens is 266 g/mol. The zero-order chi connectivity index (χ0) is 11.4. The molecule has 1 aromatic rings. The minimum Gasteiger partial charge on any atom is -0.307 e. The van der Waals surface area contributed by atoms with Crippen LogP contribution in [-0.4, -0.2) is 13.0 Å². The predicted molar refractivity (Wildman–Crippen MR) is 59.2 cm³/mol. The Morgan fingerprint density at radius 2 is 1.73 bits per heavy atom. The van der Waals surface area contributed by atoms with Gasteiger partial charge in [0.2, 0.25) is 0 Å². The van der Waals surface area contributed by atoms with Crippen molar-refractivity contribution in [2.75, 3.05) is 6.54 Å². The Kier molecular flexibility index (Phi) is 5.06. The van der Waals surface area contributed by atoms with Gasteiger partial charge in [0.15, 0.2) is 0 Å². The molecule has 0 radical (unpaired) electrons. The first-order chi connectivity index (χ1) is 7.02. The molecular formula is C9H8Cl3F2N. The van der Waals surface area contributed by atoms with Gasteiger partial charge in [-0.3, -0.25) is 0 Å². The Morgan fingerprint density at radius 3 is 2.33 bits per heavy atom. The number of alkyl halides is 2. The van der Waals surface area contributed by atoms with E-state index in [0.717, 1.165) is 0 Å². The second-order valence-corrected chi connectivity index (χ2v) is 4.04. The molecule has 0 aliphatic carbocycles. The van der Waals surface area contributed by atoms with Gasteiger partial charge in [-0.05, 0) is 12.1 Å². The van der Waals surface area contributed by atoms with Crippen LogP contribution in [0.5, 0.6) is 0 Å². The summed E-state index contributed by atoms with van der Waals surface area (Å²) in [6.07, 6.45) is -2.40. The minimum atomic E-state index is -2.40. The topological polar surface area (TPSA) is 12.0 Å². The van der Waals surface area contributed by atoms with E-state index >= 15 is 0 Å². The van der Waals surface area contributed by atoms with Crippen molar-refractivity contribution in [1.82, 2.24) is 5.32 Å². The summed E-state index contributed by atoms with van der Waals surface area (Å²) in [5, 5.41) is 3.59. The van der Waals surface area contributed by atoms with Crippen molar-refractivity contribution >= 4 is 34.8 Å². The van der Waals surface area contributed by atoms with E-state index < -0.39 is 13.0 Å². The first kappa shape index (κ1) is 13.0. The SMILES string of the molecule is FC(F)CNCc1c(Cl)ccc(Cl)c1Cl. The fourth-order valence-corrected chi connectivity index (χ4v) is 1.72. The Bertz CT molecular complexity index is 344. The van der Waals surface area contributed by atoms with Gasteiger partial charge < -0.3 is 5.32 Å². The Hall–Kier alpha value is -0.0900. The Morgan fingerprint density at radius 1 is 1.13 bits per heavy atom. The molecule has 0 spiro atoms. The highest BCUT2D eigenvalue weighted by Gasteiger charge is 2.10. The lowest BCUT2D eigenvalue weighted by molar-refractivity contribution is 0.145. The molecule has 15 heavy (non-hydrogen) atoms. The largest absolute Gasteiger partial charge is 0.307 e. The molecule has 84 valence electrons. The number of hydrogen-bond donors (Lipinski definition) is 1. The molecule has 0 aliphatic rings. The summed E-state index contributed by atoms with van der Waals surface area (Å²) in [5.74, 6) is 0.